The lowest BCUT2D eigenvalue weighted by Crippen LogP contribution is -2.39. The molecule has 4 nitrogen and oxygen atoms in total. The van der Waals surface area contributed by atoms with E-state index in [1.165, 1.54) is 5.56 Å². The number of rotatable bonds is 1. The highest BCUT2D eigenvalue weighted by molar-refractivity contribution is 5.69. The molecular weight excluding hydrogens is 252 g/mol. The Morgan fingerprint density at radius 3 is 2.45 bits per heavy atom. The van der Waals surface area contributed by atoms with Crippen LogP contribution in [0.5, 0.6) is 0 Å². The minimum Gasteiger partial charge on any atom is -0.444 e. The Morgan fingerprint density at radius 1 is 1.30 bits per heavy atom. The molecule has 2 atom stereocenters. The van der Waals surface area contributed by atoms with Gasteiger partial charge in [0.25, 0.3) is 0 Å². The number of likely N-dealkylation sites (tertiary alicyclic amines) is 1. The SMILES string of the molecule is Cc1ccc([C@@H]2[C@H](N)CCN2C(=O)OC(C)(C)C)cc1. The van der Waals surface area contributed by atoms with Gasteiger partial charge in [0.15, 0.2) is 0 Å². The van der Waals surface area contributed by atoms with Crippen LogP contribution in [-0.4, -0.2) is 29.2 Å². The van der Waals surface area contributed by atoms with E-state index in [0.717, 1.165) is 12.0 Å². The molecule has 1 saturated heterocycles. The van der Waals surface area contributed by atoms with E-state index in [1.54, 1.807) is 4.90 Å². The summed E-state index contributed by atoms with van der Waals surface area (Å²) < 4.78 is 5.48. The Morgan fingerprint density at radius 2 is 1.90 bits per heavy atom. The molecule has 0 aliphatic carbocycles. The van der Waals surface area contributed by atoms with Gasteiger partial charge in [-0.1, -0.05) is 29.8 Å². The highest BCUT2D eigenvalue weighted by Gasteiger charge is 2.38. The van der Waals surface area contributed by atoms with Crippen LogP contribution >= 0.6 is 0 Å². The van der Waals surface area contributed by atoms with Crippen LogP contribution in [0.3, 0.4) is 0 Å². The van der Waals surface area contributed by atoms with Crippen molar-refractivity contribution in [2.24, 2.45) is 5.73 Å². The minimum absolute atomic E-state index is 0.0368. The Labute approximate surface area is 120 Å². The van der Waals surface area contributed by atoms with Gasteiger partial charge in [-0.3, -0.25) is 4.90 Å². The molecule has 110 valence electrons. The lowest BCUT2D eigenvalue weighted by Gasteiger charge is -2.30. The van der Waals surface area contributed by atoms with Crippen molar-refractivity contribution in [1.29, 1.82) is 0 Å². The number of nitrogens with zero attached hydrogens (tertiary/aromatic N) is 1. The van der Waals surface area contributed by atoms with Crippen LogP contribution in [0.2, 0.25) is 0 Å². The molecule has 1 heterocycles. The van der Waals surface area contributed by atoms with Gasteiger partial charge < -0.3 is 10.5 Å². The van der Waals surface area contributed by atoms with Crippen molar-refractivity contribution in [1.82, 2.24) is 4.90 Å². The fourth-order valence-electron chi connectivity index (χ4n) is 2.53. The molecule has 1 aromatic rings. The maximum atomic E-state index is 12.3. The van der Waals surface area contributed by atoms with E-state index in [9.17, 15) is 4.79 Å². The molecule has 0 bridgehead atoms. The van der Waals surface area contributed by atoms with Crippen LogP contribution in [0.15, 0.2) is 24.3 Å². The quantitative estimate of drug-likeness (QED) is 0.858. The number of carbonyl (C=O) groups excluding carboxylic acids is 1. The van der Waals surface area contributed by atoms with Crippen molar-refractivity contribution < 1.29 is 9.53 Å². The first-order chi connectivity index (χ1) is 9.28. The van der Waals surface area contributed by atoms with Crippen LogP contribution in [0.1, 0.15) is 44.4 Å². The first-order valence-electron chi connectivity index (χ1n) is 7.10. The summed E-state index contributed by atoms with van der Waals surface area (Å²) in [4.78, 5) is 14.1. The van der Waals surface area contributed by atoms with Gasteiger partial charge in [0.05, 0.1) is 6.04 Å². The highest BCUT2D eigenvalue weighted by Crippen LogP contribution is 2.32. The molecule has 1 aliphatic heterocycles. The van der Waals surface area contributed by atoms with E-state index in [0.29, 0.717) is 6.54 Å². The molecular formula is C16H24N2O2. The van der Waals surface area contributed by atoms with Gasteiger partial charge in [-0.15, -0.1) is 0 Å². The molecule has 0 unspecified atom stereocenters. The maximum Gasteiger partial charge on any atom is 0.410 e. The van der Waals surface area contributed by atoms with Crippen molar-refractivity contribution in [3.8, 4) is 0 Å². The van der Waals surface area contributed by atoms with Gasteiger partial charge in [-0.25, -0.2) is 4.79 Å². The number of ether oxygens (including phenoxy) is 1. The third-order valence-corrected chi connectivity index (χ3v) is 3.49. The number of hydrogen-bond acceptors (Lipinski definition) is 3. The van der Waals surface area contributed by atoms with Gasteiger partial charge >= 0.3 is 6.09 Å². The van der Waals surface area contributed by atoms with Crippen molar-refractivity contribution in [3.63, 3.8) is 0 Å². The molecule has 0 saturated carbocycles. The Bertz CT molecular complexity index is 476. The molecule has 1 amide bonds. The molecule has 1 aromatic carbocycles. The lowest BCUT2D eigenvalue weighted by atomic mass is 10.00. The summed E-state index contributed by atoms with van der Waals surface area (Å²) in [6.45, 7) is 8.32. The summed E-state index contributed by atoms with van der Waals surface area (Å²) in [5, 5.41) is 0. The first-order valence-corrected chi connectivity index (χ1v) is 7.10. The predicted molar refractivity (Wildman–Crippen MR) is 79.5 cm³/mol. The fourth-order valence-corrected chi connectivity index (χ4v) is 2.53. The second kappa shape index (κ2) is 5.44. The lowest BCUT2D eigenvalue weighted by molar-refractivity contribution is 0.0218. The number of hydrogen-bond donors (Lipinski definition) is 1. The van der Waals surface area contributed by atoms with E-state index in [2.05, 4.69) is 0 Å². The highest BCUT2D eigenvalue weighted by atomic mass is 16.6. The van der Waals surface area contributed by atoms with E-state index in [1.807, 2.05) is 52.0 Å². The van der Waals surface area contributed by atoms with Crippen molar-refractivity contribution in [3.05, 3.63) is 35.4 Å². The Balaban J connectivity index is 2.20. The van der Waals surface area contributed by atoms with E-state index < -0.39 is 5.60 Å². The molecule has 1 aliphatic rings. The third-order valence-electron chi connectivity index (χ3n) is 3.49. The topological polar surface area (TPSA) is 55.6 Å². The predicted octanol–water partition coefficient (Wildman–Crippen LogP) is 3.00. The first kappa shape index (κ1) is 14.9. The number of benzene rings is 1. The Hall–Kier alpha value is -1.55. The van der Waals surface area contributed by atoms with Crippen molar-refractivity contribution in [2.75, 3.05) is 6.54 Å². The molecule has 0 aromatic heterocycles. The Kier molecular flexibility index (Phi) is 4.04. The second-order valence-corrected chi connectivity index (χ2v) is 6.48. The van der Waals surface area contributed by atoms with Gasteiger partial charge in [0, 0.05) is 12.6 Å². The van der Waals surface area contributed by atoms with Crippen LogP contribution < -0.4 is 5.73 Å². The number of carbonyl (C=O) groups is 1. The number of aryl methyl sites for hydroxylation is 1. The van der Waals surface area contributed by atoms with Gasteiger partial charge in [0.2, 0.25) is 0 Å². The average molecular weight is 276 g/mol. The average Bonchev–Trinajstić information content (AvgIpc) is 2.70. The monoisotopic (exact) mass is 276 g/mol. The van der Waals surface area contributed by atoms with Crippen molar-refractivity contribution >= 4 is 6.09 Å². The van der Waals surface area contributed by atoms with Crippen LogP contribution in [0.25, 0.3) is 0 Å². The smallest absolute Gasteiger partial charge is 0.410 e. The zero-order valence-electron chi connectivity index (χ0n) is 12.7. The van der Waals surface area contributed by atoms with Crippen LogP contribution in [0, 0.1) is 6.92 Å². The molecule has 1 fully saturated rings. The summed E-state index contributed by atoms with van der Waals surface area (Å²) in [7, 11) is 0. The van der Waals surface area contributed by atoms with Crippen LogP contribution in [0.4, 0.5) is 4.79 Å². The maximum absolute atomic E-state index is 12.3. The van der Waals surface area contributed by atoms with Gasteiger partial charge in [-0.05, 0) is 39.7 Å². The second-order valence-electron chi connectivity index (χ2n) is 6.48. The zero-order chi connectivity index (χ0) is 14.9. The summed E-state index contributed by atoms with van der Waals surface area (Å²) in [6, 6.07) is 8.06. The molecule has 4 heteroatoms. The molecule has 20 heavy (non-hydrogen) atoms. The molecule has 0 radical (unpaired) electrons. The summed E-state index contributed by atoms with van der Waals surface area (Å²) in [5.41, 5.74) is 7.98. The fraction of sp³-hybridized carbons (Fsp3) is 0.562. The summed E-state index contributed by atoms with van der Waals surface area (Å²) >= 11 is 0. The van der Waals surface area contributed by atoms with Crippen molar-refractivity contribution in [2.45, 2.75) is 51.8 Å². The largest absolute Gasteiger partial charge is 0.444 e. The number of nitrogens with two attached hydrogens (primary N) is 1. The molecule has 0 spiro atoms. The minimum atomic E-state index is -0.485. The van der Waals surface area contributed by atoms with Crippen LogP contribution in [-0.2, 0) is 4.74 Å². The number of amides is 1. The standard InChI is InChI=1S/C16H24N2O2/c1-11-5-7-12(8-6-11)14-13(17)9-10-18(14)15(19)20-16(2,3)4/h5-8,13-14H,9-10,17H2,1-4H3/t13-,14-/m1/s1. The molecule has 2 N–H and O–H groups in total. The third kappa shape index (κ3) is 3.31. The summed E-state index contributed by atoms with van der Waals surface area (Å²) in [5.74, 6) is 0. The van der Waals surface area contributed by atoms with E-state index in [-0.39, 0.29) is 18.2 Å². The summed E-state index contributed by atoms with van der Waals surface area (Å²) in [6.07, 6.45) is 0.522. The molecule has 2 rings (SSSR count). The van der Waals surface area contributed by atoms with Gasteiger partial charge in [0.1, 0.15) is 5.60 Å². The van der Waals surface area contributed by atoms with E-state index in [4.69, 9.17) is 10.5 Å². The zero-order valence-corrected chi connectivity index (χ0v) is 12.7. The normalized spacial score (nSPS) is 22.9. The van der Waals surface area contributed by atoms with E-state index >= 15 is 0 Å². The van der Waals surface area contributed by atoms with Gasteiger partial charge in [-0.2, -0.15) is 0 Å².